The highest BCUT2D eigenvalue weighted by Crippen LogP contribution is 2.41. The topological polar surface area (TPSA) is 107 Å². The molecule has 0 aliphatic heterocycles. The molecule has 0 saturated heterocycles. The van der Waals surface area contributed by atoms with Gasteiger partial charge in [0.15, 0.2) is 38.9 Å². The Labute approximate surface area is 248 Å². The van der Waals surface area contributed by atoms with E-state index < -0.39 is 51.2 Å². The fourth-order valence-electron chi connectivity index (χ4n) is 4.94. The summed E-state index contributed by atoms with van der Waals surface area (Å²) < 4.78 is 106. The molecule has 0 saturated carbocycles. The fourth-order valence-corrected chi connectivity index (χ4v) is 5.89. The fraction of sp³-hybridized carbons (Fsp3) is 0.200. The first kappa shape index (κ1) is 30.9. The second-order valence-electron chi connectivity index (χ2n) is 9.95. The zero-order valence-corrected chi connectivity index (χ0v) is 24.4. The van der Waals surface area contributed by atoms with E-state index in [9.17, 15) is 31.1 Å². The average molecular weight is 634 g/mol. The van der Waals surface area contributed by atoms with Crippen molar-refractivity contribution in [1.29, 1.82) is 0 Å². The number of halogens is 5. The molecular weight excluding hydrogens is 609 g/mol. The summed E-state index contributed by atoms with van der Waals surface area (Å²) in [6, 6.07) is 8.65. The number of sulfone groups is 1. The van der Waals surface area contributed by atoms with E-state index in [0.717, 1.165) is 24.5 Å². The Hall–Kier alpha value is -4.56. The summed E-state index contributed by atoms with van der Waals surface area (Å²) in [4.78, 5) is 8.47. The Kier molecular flexibility index (Phi) is 8.07. The molecule has 0 bridgehead atoms. The van der Waals surface area contributed by atoms with Crippen LogP contribution in [-0.2, 0) is 16.4 Å². The van der Waals surface area contributed by atoms with Gasteiger partial charge in [0.2, 0.25) is 0 Å². The first-order chi connectivity index (χ1) is 20.7. The van der Waals surface area contributed by atoms with Crippen LogP contribution in [0, 0.1) is 38.2 Å². The van der Waals surface area contributed by atoms with Crippen LogP contribution in [0.2, 0.25) is 0 Å². The van der Waals surface area contributed by atoms with Gasteiger partial charge in [-0.3, -0.25) is 0 Å². The first-order valence-electron chi connectivity index (χ1n) is 12.9. The van der Waals surface area contributed by atoms with Gasteiger partial charge < -0.3 is 18.8 Å². The lowest BCUT2D eigenvalue weighted by Gasteiger charge is -2.15. The van der Waals surface area contributed by atoms with Gasteiger partial charge in [-0.25, -0.2) is 31.6 Å². The van der Waals surface area contributed by atoms with Crippen molar-refractivity contribution in [2.24, 2.45) is 0 Å². The molecule has 0 atom stereocenters. The summed E-state index contributed by atoms with van der Waals surface area (Å²) in [5.41, 5.74) is 1.48. The maximum Gasteiger partial charge on any atom is 0.387 e. The minimum absolute atomic E-state index is 0.0854. The van der Waals surface area contributed by atoms with Gasteiger partial charge in [0.25, 0.3) is 0 Å². The van der Waals surface area contributed by atoms with Gasteiger partial charge in [-0.2, -0.15) is 8.78 Å². The Morgan fingerprint density at radius 3 is 2.16 bits per heavy atom. The minimum atomic E-state index is -3.94. The number of aliphatic hydroxyl groups is 1. The predicted octanol–water partition coefficient (Wildman–Crippen LogP) is 6.70. The zero-order valence-electron chi connectivity index (χ0n) is 23.6. The van der Waals surface area contributed by atoms with Crippen molar-refractivity contribution in [2.45, 2.75) is 38.9 Å². The van der Waals surface area contributed by atoms with Crippen LogP contribution in [0.3, 0.4) is 0 Å². The van der Waals surface area contributed by atoms with Crippen molar-refractivity contribution in [3.8, 4) is 45.1 Å². The summed E-state index contributed by atoms with van der Waals surface area (Å²) in [6.45, 7) is 0.711. The van der Waals surface area contributed by atoms with Crippen molar-refractivity contribution >= 4 is 9.84 Å². The smallest absolute Gasteiger partial charge is 0.387 e. The molecule has 5 rings (SSSR count). The number of hydrogen-bond donors (Lipinski definition) is 1. The van der Waals surface area contributed by atoms with Crippen molar-refractivity contribution in [2.75, 3.05) is 6.26 Å². The van der Waals surface area contributed by atoms with Crippen LogP contribution in [0.25, 0.3) is 39.4 Å². The van der Waals surface area contributed by atoms with Crippen LogP contribution in [0.15, 0.2) is 58.0 Å². The number of rotatable bonds is 8. The van der Waals surface area contributed by atoms with E-state index in [1.807, 2.05) is 0 Å². The molecule has 0 fully saturated rings. The maximum atomic E-state index is 15.0. The molecule has 0 aliphatic carbocycles. The third-order valence-electron chi connectivity index (χ3n) is 6.76. The van der Waals surface area contributed by atoms with E-state index in [-0.39, 0.29) is 34.0 Å². The summed E-state index contributed by atoms with van der Waals surface area (Å²) >= 11 is 0. The number of ether oxygens (including phenoxy) is 1. The monoisotopic (exact) mass is 633 g/mol. The summed E-state index contributed by atoms with van der Waals surface area (Å²) in [5, 5.41) is 9.62. The predicted molar refractivity (Wildman–Crippen MR) is 150 cm³/mol. The van der Waals surface area contributed by atoms with Gasteiger partial charge in [-0.15, -0.1) is 0 Å². The SMILES string of the molecule is Cc1cn(-c2ccc(-c3cc(F)c(CO)c(S(C)(=O)=O)c3)cc2-c2nc(C)oc2-c2cc(F)c(OC(F)F)c(F)c2)c(C)n1. The minimum Gasteiger partial charge on any atom is -0.440 e. The number of aryl methyl sites for hydroxylation is 3. The molecule has 14 heteroatoms. The number of nitrogens with zero attached hydrogens (tertiary/aromatic N) is 3. The van der Waals surface area contributed by atoms with E-state index in [4.69, 9.17) is 4.42 Å². The molecule has 0 radical (unpaired) electrons. The Morgan fingerprint density at radius 2 is 1.59 bits per heavy atom. The number of hydrogen-bond acceptors (Lipinski definition) is 7. The molecule has 0 spiro atoms. The van der Waals surface area contributed by atoms with Gasteiger partial charge in [0.05, 0.1) is 22.9 Å². The Balaban J connectivity index is 1.78. The Bertz CT molecular complexity index is 2000. The number of benzene rings is 3. The molecular formula is C30H24F5N3O5S. The lowest BCUT2D eigenvalue weighted by atomic mass is 9.97. The molecule has 0 unspecified atom stereocenters. The zero-order chi connectivity index (χ0) is 32.1. The third kappa shape index (κ3) is 5.82. The van der Waals surface area contributed by atoms with E-state index in [1.165, 1.54) is 13.0 Å². The maximum absolute atomic E-state index is 15.0. The molecule has 44 heavy (non-hydrogen) atoms. The van der Waals surface area contributed by atoms with Crippen LogP contribution < -0.4 is 4.74 Å². The van der Waals surface area contributed by atoms with E-state index in [0.29, 0.717) is 28.3 Å². The summed E-state index contributed by atoms with van der Waals surface area (Å²) in [6.07, 6.45) is 2.62. The van der Waals surface area contributed by atoms with Crippen molar-refractivity contribution in [3.63, 3.8) is 0 Å². The van der Waals surface area contributed by atoms with Crippen molar-refractivity contribution < 1.29 is 44.6 Å². The normalized spacial score (nSPS) is 11.9. The number of imidazole rings is 1. The van der Waals surface area contributed by atoms with Gasteiger partial charge in [0.1, 0.15) is 17.3 Å². The molecule has 8 nitrogen and oxygen atoms in total. The number of aliphatic hydroxyl groups excluding tert-OH is 1. The van der Waals surface area contributed by atoms with Crippen LogP contribution in [0.5, 0.6) is 5.75 Å². The van der Waals surface area contributed by atoms with Crippen LogP contribution in [0.4, 0.5) is 22.0 Å². The quantitative estimate of drug-likeness (QED) is 0.190. The highest BCUT2D eigenvalue weighted by molar-refractivity contribution is 7.90. The molecule has 3 aromatic carbocycles. The van der Waals surface area contributed by atoms with Crippen LogP contribution >= 0.6 is 0 Å². The standard InChI is InChI=1S/C30H24F5N3O5S/c1-14-12-38(15(2)36-14)25-6-5-17(18-8-22(31)21(13-39)26(11-18)44(4,40)41)7-20(25)27-28(42-16(3)37-27)19-9-23(32)29(24(33)10-19)43-30(34)35/h5-12,30,39H,13H2,1-4H3. The van der Waals surface area contributed by atoms with Gasteiger partial charge in [-0.1, -0.05) is 6.07 Å². The molecule has 2 heterocycles. The summed E-state index contributed by atoms with van der Waals surface area (Å²) in [5.74, 6) is -4.45. The van der Waals surface area contributed by atoms with Gasteiger partial charge >= 0.3 is 6.61 Å². The molecule has 1 N–H and O–H groups in total. The number of oxazole rings is 1. The second-order valence-corrected chi connectivity index (χ2v) is 11.9. The first-order valence-corrected chi connectivity index (χ1v) is 14.8. The van der Waals surface area contributed by atoms with E-state index in [2.05, 4.69) is 14.7 Å². The van der Waals surface area contributed by atoms with Gasteiger partial charge in [0, 0.05) is 36.1 Å². The number of alkyl halides is 2. The van der Waals surface area contributed by atoms with Crippen molar-refractivity contribution in [1.82, 2.24) is 14.5 Å². The van der Waals surface area contributed by atoms with E-state index >= 15 is 4.39 Å². The molecule has 2 aromatic heterocycles. The molecule has 0 aliphatic rings. The highest BCUT2D eigenvalue weighted by Gasteiger charge is 2.25. The lowest BCUT2D eigenvalue weighted by molar-refractivity contribution is -0.0546. The highest BCUT2D eigenvalue weighted by atomic mass is 32.2. The second kappa shape index (κ2) is 11.5. The molecule has 5 aromatic rings. The Morgan fingerprint density at radius 1 is 0.932 bits per heavy atom. The molecule has 0 amide bonds. The molecule has 230 valence electrons. The van der Waals surface area contributed by atoms with Crippen molar-refractivity contribution in [3.05, 3.63) is 89.1 Å². The van der Waals surface area contributed by atoms with Crippen LogP contribution in [0.1, 0.15) is 23.0 Å². The van der Waals surface area contributed by atoms with E-state index in [1.54, 1.807) is 42.8 Å². The largest absolute Gasteiger partial charge is 0.440 e. The number of aromatic nitrogens is 3. The third-order valence-corrected chi connectivity index (χ3v) is 7.92. The van der Waals surface area contributed by atoms with Crippen LogP contribution in [-0.4, -0.2) is 40.9 Å². The van der Waals surface area contributed by atoms with Gasteiger partial charge in [-0.05, 0) is 61.4 Å². The summed E-state index contributed by atoms with van der Waals surface area (Å²) in [7, 11) is -3.94. The lowest BCUT2D eigenvalue weighted by Crippen LogP contribution is -2.06. The average Bonchev–Trinajstić information content (AvgIpc) is 3.49.